The molecule has 2 aromatic carbocycles. The number of hydrogen-bond donors (Lipinski definition) is 0. The van der Waals surface area contributed by atoms with Crippen LogP contribution in [0.2, 0.25) is 0 Å². The van der Waals surface area contributed by atoms with Crippen LogP contribution in [0.25, 0.3) is 17.1 Å². The number of rotatable bonds is 3. The molecule has 26 heavy (non-hydrogen) atoms. The van der Waals surface area contributed by atoms with E-state index in [4.69, 9.17) is 17.0 Å². The van der Waals surface area contributed by atoms with Crippen molar-refractivity contribution < 1.29 is 9.53 Å². The van der Waals surface area contributed by atoms with Gasteiger partial charge in [0.05, 0.1) is 40.6 Å². The Hall–Kier alpha value is -2.77. The largest absolute Gasteiger partial charge is 0.497 e. The van der Waals surface area contributed by atoms with Crippen molar-refractivity contribution >= 4 is 57.0 Å². The highest BCUT2D eigenvalue weighted by atomic mass is 32.2. The summed E-state index contributed by atoms with van der Waals surface area (Å²) in [5.74, 6) is 0.557. The van der Waals surface area contributed by atoms with Gasteiger partial charge in [-0.05, 0) is 42.5 Å². The van der Waals surface area contributed by atoms with Gasteiger partial charge in [-0.2, -0.15) is 0 Å². The van der Waals surface area contributed by atoms with E-state index in [0.29, 0.717) is 20.6 Å². The summed E-state index contributed by atoms with van der Waals surface area (Å²) < 4.78 is 5.64. The van der Waals surface area contributed by atoms with Gasteiger partial charge in [-0.3, -0.25) is 14.7 Å². The first-order valence-corrected chi connectivity index (χ1v) is 9.02. The average molecular weight is 379 g/mol. The SMILES string of the molecule is COc1ccc(N2C(=O)/C(=C/c3cnc4ccccc4n3)SC2=S)cc1. The second-order valence-electron chi connectivity index (χ2n) is 5.50. The number of anilines is 1. The number of thioether (sulfide) groups is 1. The molecule has 1 aliphatic rings. The van der Waals surface area contributed by atoms with Crippen LogP contribution >= 0.6 is 24.0 Å². The Bertz CT molecular complexity index is 1050. The van der Waals surface area contributed by atoms with E-state index in [-0.39, 0.29) is 5.91 Å². The summed E-state index contributed by atoms with van der Waals surface area (Å²) in [7, 11) is 1.60. The molecule has 7 heteroatoms. The highest BCUT2D eigenvalue weighted by Gasteiger charge is 2.33. The fourth-order valence-electron chi connectivity index (χ4n) is 2.60. The van der Waals surface area contributed by atoms with Gasteiger partial charge in [0.2, 0.25) is 0 Å². The molecule has 0 bridgehead atoms. The van der Waals surface area contributed by atoms with Gasteiger partial charge in [-0.1, -0.05) is 36.1 Å². The summed E-state index contributed by atoms with van der Waals surface area (Å²) in [5.41, 5.74) is 2.93. The van der Waals surface area contributed by atoms with Crippen LogP contribution in [0.1, 0.15) is 5.69 Å². The summed E-state index contributed by atoms with van der Waals surface area (Å²) in [6, 6.07) is 14.8. The molecule has 0 aliphatic carbocycles. The molecular formula is C19H13N3O2S2. The van der Waals surface area contributed by atoms with Gasteiger partial charge < -0.3 is 4.74 Å². The summed E-state index contributed by atoms with van der Waals surface area (Å²) in [6.07, 6.45) is 3.38. The molecule has 3 aromatic rings. The maximum Gasteiger partial charge on any atom is 0.270 e. The fourth-order valence-corrected chi connectivity index (χ4v) is 3.88. The summed E-state index contributed by atoms with van der Waals surface area (Å²) in [4.78, 5) is 23.8. The normalized spacial score (nSPS) is 15.9. The molecule has 0 radical (unpaired) electrons. The van der Waals surface area contributed by atoms with Crippen LogP contribution in [-0.4, -0.2) is 27.3 Å². The highest BCUT2D eigenvalue weighted by Crippen LogP contribution is 2.36. The lowest BCUT2D eigenvalue weighted by Crippen LogP contribution is -2.27. The lowest BCUT2D eigenvalue weighted by atomic mass is 10.2. The lowest BCUT2D eigenvalue weighted by Gasteiger charge is -2.14. The predicted octanol–water partition coefficient (Wildman–Crippen LogP) is 4.04. The van der Waals surface area contributed by atoms with Crippen molar-refractivity contribution in [1.82, 2.24) is 9.97 Å². The number of aromatic nitrogens is 2. The molecule has 5 nitrogen and oxygen atoms in total. The number of thiocarbonyl (C=S) groups is 1. The third kappa shape index (κ3) is 3.07. The van der Waals surface area contributed by atoms with Gasteiger partial charge in [-0.25, -0.2) is 4.98 Å². The zero-order chi connectivity index (χ0) is 18.1. The van der Waals surface area contributed by atoms with E-state index < -0.39 is 0 Å². The molecule has 128 valence electrons. The van der Waals surface area contributed by atoms with Crippen molar-refractivity contribution in [2.24, 2.45) is 0 Å². The predicted molar refractivity (Wildman–Crippen MR) is 108 cm³/mol. The van der Waals surface area contributed by atoms with Crippen LogP contribution in [0.4, 0.5) is 5.69 Å². The van der Waals surface area contributed by atoms with Crippen molar-refractivity contribution in [3.05, 3.63) is 65.3 Å². The van der Waals surface area contributed by atoms with Crippen molar-refractivity contribution in [1.29, 1.82) is 0 Å². The third-order valence-corrected chi connectivity index (χ3v) is 5.17. The number of hydrogen-bond acceptors (Lipinski definition) is 6. The molecule has 2 heterocycles. The Balaban J connectivity index is 1.65. The number of methoxy groups -OCH3 is 1. The standard InChI is InChI=1S/C19H13N3O2S2/c1-24-14-8-6-13(7-9-14)22-18(23)17(26-19(22)25)10-12-11-20-15-4-2-3-5-16(15)21-12/h2-11H,1H3/b17-10-. The van der Waals surface area contributed by atoms with Gasteiger partial charge in [0.25, 0.3) is 5.91 Å². The Morgan fingerprint density at radius 1 is 1.12 bits per heavy atom. The van der Waals surface area contributed by atoms with E-state index in [1.54, 1.807) is 31.5 Å². The van der Waals surface area contributed by atoms with Crippen LogP contribution in [0.3, 0.4) is 0 Å². The highest BCUT2D eigenvalue weighted by molar-refractivity contribution is 8.27. The van der Waals surface area contributed by atoms with Crippen LogP contribution in [0.5, 0.6) is 5.75 Å². The van der Waals surface area contributed by atoms with E-state index in [2.05, 4.69) is 9.97 Å². The molecular weight excluding hydrogens is 366 g/mol. The molecule has 1 saturated heterocycles. The number of benzene rings is 2. The smallest absolute Gasteiger partial charge is 0.270 e. The summed E-state index contributed by atoms with van der Waals surface area (Å²) in [6.45, 7) is 0. The zero-order valence-corrected chi connectivity index (χ0v) is 15.4. The molecule has 0 spiro atoms. The molecule has 1 fully saturated rings. The maximum absolute atomic E-state index is 12.8. The number of carbonyl (C=O) groups excluding carboxylic acids is 1. The Kier molecular flexibility index (Phi) is 4.40. The van der Waals surface area contributed by atoms with E-state index >= 15 is 0 Å². The number of nitrogens with zero attached hydrogens (tertiary/aromatic N) is 3. The van der Waals surface area contributed by atoms with Crippen molar-refractivity contribution in [3.8, 4) is 5.75 Å². The topological polar surface area (TPSA) is 55.3 Å². The Morgan fingerprint density at radius 3 is 2.58 bits per heavy atom. The molecule has 0 atom stereocenters. The Morgan fingerprint density at radius 2 is 1.85 bits per heavy atom. The van der Waals surface area contributed by atoms with Gasteiger partial charge in [-0.15, -0.1) is 0 Å². The first kappa shape index (κ1) is 16.7. The van der Waals surface area contributed by atoms with E-state index in [1.165, 1.54) is 16.7 Å². The second-order valence-corrected chi connectivity index (χ2v) is 7.17. The van der Waals surface area contributed by atoms with Crippen LogP contribution in [-0.2, 0) is 4.79 Å². The van der Waals surface area contributed by atoms with Crippen LogP contribution in [0, 0.1) is 0 Å². The average Bonchev–Trinajstić information content (AvgIpc) is 2.95. The number of carbonyl (C=O) groups is 1. The fraction of sp³-hybridized carbons (Fsp3) is 0.0526. The molecule has 1 aliphatic heterocycles. The molecule has 0 saturated carbocycles. The molecule has 1 amide bonds. The minimum Gasteiger partial charge on any atom is -0.497 e. The zero-order valence-electron chi connectivity index (χ0n) is 13.7. The molecule has 0 unspecified atom stereocenters. The number of fused-ring (bicyclic) bond motifs is 1. The first-order chi connectivity index (χ1) is 12.7. The van der Waals surface area contributed by atoms with Gasteiger partial charge in [0, 0.05) is 0 Å². The van der Waals surface area contributed by atoms with Crippen LogP contribution in [0.15, 0.2) is 59.6 Å². The van der Waals surface area contributed by atoms with Crippen molar-refractivity contribution in [2.45, 2.75) is 0 Å². The van der Waals surface area contributed by atoms with E-state index in [9.17, 15) is 4.79 Å². The third-order valence-electron chi connectivity index (χ3n) is 3.87. The van der Waals surface area contributed by atoms with Gasteiger partial charge >= 0.3 is 0 Å². The van der Waals surface area contributed by atoms with Gasteiger partial charge in [0.1, 0.15) is 5.75 Å². The monoisotopic (exact) mass is 379 g/mol. The van der Waals surface area contributed by atoms with Crippen molar-refractivity contribution in [3.63, 3.8) is 0 Å². The minimum absolute atomic E-state index is 0.167. The first-order valence-electron chi connectivity index (χ1n) is 7.79. The quantitative estimate of drug-likeness (QED) is 0.506. The molecule has 1 aromatic heterocycles. The number of amides is 1. The Labute approximate surface area is 159 Å². The van der Waals surface area contributed by atoms with Crippen molar-refractivity contribution in [2.75, 3.05) is 12.0 Å². The second kappa shape index (κ2) is 6.86. The van der Waals surface area contributed by atoms with Gasteiger partial charge in [0.15, 0.2) is 4.32 Å². The number of ether oxygens (including phenoxy) is 1. The minimum atomic E-state index is -0.167. The summed E-state index contributed by atoms with van der Waals surface area (Å²) >= 11 is 6.65. The van der Waals surface area contributed by atoms with E-state index in [0.717, 1.165) is 16.8 Å². The molecule has 0 N–H and O–H groups in total. The maximum atomic E-state index is 12.8. The number of para-hydroxylation sites is 2. The summed E-state index contributed by atoms with van der Waals surface area (Å²) in [5, 5.41) is 0. The molecule has 4 rings (SSSR count). The van der Waals surface area contributed by atoms with E-state index in [1.807, 2.05) is 36.4 Å². The lowest BCUT2D eigenvalue weighted by molar-refractivity contribution is -0.113. The van der Waals surface area contributed by atoms with Crippen LogP contribution < -0.4 is 9.64 Å².